The van der Waals surface area contributed by atoms with Crippen LogP contribution in [0.1, 0.15) is 22.3 Å². The van der Waals surface area contributed by atoms with Crippen molar-refractivity contribution >= 4 is 0 Å². The molecule has 0 spiro atoms. The molecule has 0 aromatic heterocycles. The molecule has 1 aromatic carbocycles. The molecule has 0 saturated carbocycles. The molecular weight excluding hydrogens is 360 g/mol. The Labute approximate surface area is 181 Å². The number of allylic oxidation sites excluding steroid dienone is 16. The minimum absolute atomic E-state index is 0.532. The predicted molar refractivity (Wildman–Crippen MR) is 128 cm³/mol. The topological polar surface area (TPSA) is 0 Å². The van der Waals surface area contributed by atoms with Crippen LogP contribution in [0.15, 0.2) is 109 Å². The van der Waals surface area contributed by atoms with Crippen LogP contribution >= 0.6 is 0 Å². The molecule has 30 heavy (non-hydrogen) atoms. The zero-order chi connectivity index (χ0) is 20.2. The molecule has 0 bridgehead atoms. The number of rotatable bonds is 8. The van der Waals surface area contributed by atoms with Crippen LogP contribution in [-0.4, -0.2) is 0 Å². The van der Waals surface area contributed by atoms with Gasteiger partial charge in [0, 0.05) is 0 Å². The molecule has 4 aliphatic carbocycles. The van der Waals surface area contributed by atoms with E-state index in [0.29, 0.717) is 23.7 Å². The predicted octanol–water partition coefficient (Wildman–Crippen LogP) is 6.83. The highest BCUT2D eigenvalue weighted by Gasteiger charge is 2.19. The summed E-state index contributed by atoms with van der Waals surface area (Å²) in [6.07, 6.45) is 40.6. The maximum atomic E-state index is 2.55. The molecule has 0 N–H and O–H groups in total. The molecule has 0 amide bonds. The molecule has 0 fully saturated rings. The Morgan fingerprint density at radius 2 is 0.533 bits per heavy atom. The highest BCUT2D eigenvalue weighted by molar-refractivity contribution is 5.43. The van der Waals surface area contributed by atoms with E-state index in [0.717, 1.165) is 25.7 Å². The highest BCUT2D eigenvalue weighted by atomic mass is 14.2. The Kier molecular flexibility index (Phi) is 5.66. The molecule has 4 aliphatic rings. The summed E-state index contributed by atoms with van der Waals surface area (Å²) < 4.78 is 0. The summed E-state index contributed by atoms with van der Waals surface area (Å²) in [5.41, 5.74) is 6.14. The van der Waals surface area contributed by atoms with Gasteiger partial charge in [0.2, 0.25) is 0 Å². The fourth-order valence-electron chi connectivity index (χ4n) is 5.02. The lowest BCUT2D eigenvalue weighted by Crippen LogP contribution is -2.11. The number of hydrogen-bond donors (Lipinski definition) is 0. The van der Waals surface area contributed by atoms with Crippen molar-refractivity contribution in [3.63, 3.8) is 0 Å². The molecule has 0 saturated heterocycles. The van der Waals surface area contributed by atoms with Crippen LogP contribution in [0.3, 0.4) is 0 Å². The van der Waals surface area contributed by atoms with E-state index in [9.17, 15) is 0 Å². The van der Waals surface area contributed by atoms with E-state index in [-0.39, 0.29) is 0 Å². The smallest absolute Gasteiger partial charge is 0.000673 e. The Morgan fingerprint density at radius 3 is 0.733 bits per heavy atom. The van der Waals surface area contributed by atoms with Gasteiger partial charge < -0.3 is 0 Å². The van der Waals surface area contributed by atoms with Gasteiger partial charge in [-0.25, -0.2) is 0 Å². The van der Waals surface area contributed by atoms with E-state index < -0.39 is 0 Å². The van der Waals surface area contributed by atoms with Crippen LogP contribution in [0.25, 0.3) is 0 Å². The summed E-state index contributed by atoms with van der Waals surface area (Å²) in [6.45, 7) is 0. The lowest BCUT2D eigenvalue weighted by molar-refractivity contribution is 0.736. The van der Waals surface area contributed by atoms with Crippen LogP contribution < -0.4 is 0 Å². The third-order valence-corrected chi connectivity index (χ3v) is 6.66. The zero-order valence-corrected chi connectivity index (χ0v) is 17.5. The third kappa shape index (κ3) is 4.49. The first kappa shape index (κ1) is 19.1. The van der Waals surface area contributed by atoms with Gasteiger partial charge in [0.25, 0.3) is 0 Å². The van der Waals surface area contributed by atoms with Crippen molar-refractivity contribution in [1.82, 2.24) is 0 Å². The third-order valence-electron chi connectivity index (χ3n) is 6.66. The van der Waals surface area contributed by atoms with Crippen LogP contribution in [0.5, 0.6) is 0 Å². The minimum atomic E-state index is 0.532. The Hall–Kier alpha value is -2.86. The van der Waals surface area contributed by atoms with Crippen molar-refractivity contribution in [2.45, 2.75) is 25.7 Å². The summed E-state index contributed by atoms with van der Waals surface area (Å²) in [6, 6.07) is 5.10. The van der Waals surface area contributed by atoms with Gasteiger partial charge in [0.15, 0.2) is 0 Å². The largest absolute Gasteiger partial charge is 0.0773 e. The summed E-state index contributed by atoms with van der Waals surface area (Å²) in [5, 5.41) is 0. The highest BCUT2D eigenvalue weighted by Crippen LogP contribution is 2.30. The first-order chi connectivity index (χ1) is 14.8. The van der Waals surface area contributed by atoms with Gasteiger partial charge in [-0.05, 0) is 71.6 Å². The fourth-order valence-corrected chi connectivity index (χ4v) is 5.02. The second kappa shape index (κ2) is 8.88. The van der Waals surface area contributed by atoms with Crippen molar-refractivity contribution in [3.8, 4) is 0 Å². The molecule has 0 aliphatic heterocycles. The van der Waals surface area contributed by atoms with E-state index in [1.165, 1.54) is 22.3 Å². The van der Waals surface area contributed by atoms with Gasteiger partial charge in [0.05, 0.1) is 0 Å². The van der Waals surface area contributed by atoms with Gasteiger partial charge >= 0.3 is 0 Å². The molecule has 0 heterocycles. The van der Waals surface area contributed by atoms with Gasteiger partial charge in [-0.15, -0.1) is 0 Å². The molecule has 0 radical (unpaired) electrons. The van der Waals surface area contributed by atoms with Crippen molar-refractivity contribution in [2.75, 3.05) is 0 Å². The van der Waals surface area contributed by atoms with E-state index in [2.05, 4.69) is 109 Å². The molecule has 150 valence electrons. The second-order valence-corrected chi connectivity index (χ2v) is 8.94. The van der Waals surface area contributed by atoms with Crippen LogP contribution in [0, 0.1) is 23.7 Å². The normalized spacial score (nSPS) is 20.3. The molecule has 5 rings (SSSR count). The Bertz CT molecular complexity index is 808. The first-order valence-electron chi connectivity index (χ1n) is 11.4. The van der Waals surface area contributed by atoms with Gasteiger partial charge in [-0.2, -0.15) is 0 Å². The van der Waals surface area contributed by atoms with Gasteiger partial charge in [-0.1, -0.05) is 109 Å². The standard InChI is InChI=1S/C30H30/c1-2-10-23(9-1)17-27-21-29(19-25-13-5-6-14-25)30(20-26-15-7-8-16-26)22-28(27)18-24-11-3-4-12-24/h1-16,21-26H,17-20H2. The number of hydrogen-bond acceptors (Lipinski definition) is 0. The molecule has 0 nitrogen and oxygen atoms in total. The fraction of sp³-hybridized carbons (Fsp3) is 0.267. The average Bonchev–Trinajstić information content (AvgIpc) is 3.54. The lowest BCUT2D eigenvalue weighted by Gasteiger charge is -2.21. The summed E-state index contributed by atoms with van der Waals surface area (Å²) in [4.78, 5) is 0. The minimum Gasteiger partial charge on any atom is -0.0773 e. The Balaban J connectivity index is 1.50. The monoisotopic (exact) mass is 390 g/mol. The van der Waals surface area contributed by atoms with Crippen molar-refractivity contribution < 1.29 is 0 Å². The van der Waals surface area contributed by atoms with Crippen molar-refractivity contribution in [2.24, 2.45) is 23.7 Å². The molecule has 0 atom stereocenters. The van der Waals surface area contributed by atoms with E-state index in [1.54, 1.807) is 0 Å². The van der Waals surface area contributed by atoms with Gasteiger partial charge in [-0.3, -0.25) is 0 Å². The molecule has 0 heteroatoms. The summed E-state index contributed by atoms with van der Waals surface area (Å²) >= 11 is 0. The molecule has 1 aromatic rings. The van der Waals surface area contributed by atoms with E-state index in [1.807, 2.05) is 0 Å². The Morgan fingerprint density at radius 1 is 0.333 bits per heavy atom. The molecular formula is C30H30. The quantitative estimate of drug-likeness (QED) is 0.456. The van der Waals surface area contributed by atoms with Crippen molar-refractivity contribution in [3.05, 3.63) is 132 Å². The van der Waals surface area contributed by atoms with Gasteiger partial charge in [0.1, 0.15) is 0 Å². The zero-order valence-electron chi connectivity index (χ0n) is 17.5. The number of benzene rings is 1. The first-order valence-corrected chi connectivity index (χ1v) is 11.4. The average molecular weight is 391 g/mol. The van der Waals surface area contributed by atoms with Crippen LogP contribution in [0.4, 0.5) is 0 Å². The lowest BCUT2D eigenvalue weighted by atomic mass is 9.83. The van der Waals surface area contributed by atoms with Crippen molar-refractivity contribution in [1.29, 1.82) is 0 Å². The SMILES string of the molecule is C1=CC(Cc2cc(CC3C=CC=C3)c(CC3C=CC=C3)cc2CC2C=CC=C2)C=C1. The summed E-state index contributed by atoms with van der Waals surface area (Å²) in [7, 11) is 0. The van der Waals surface area contributed by atoms with Crippen LogP contribution in [-0.2, 0) is 25.7 Å². The maximum absolute atomic E-state index is 2.55. The van der Waals surface area contributed by atoms with E-state index in [4.69, 9.17) is 0 Å². The van der Waals surface area contributed by atoms with Crippen LogP contribution in [0.2, 0.25) is 0 Å². The van der Waals surface area contributed by atoms with E-state index >= 15 is 0 Å². The molecule has 0 unspecified atom stereocenters. The second-order valence-electron chi connectivity index (χ2n) is 8.94. The summed E-state index contributed by atoms with van der Waals surface area (Å²) in [5.74, 6) is 2.13. The maximum Gasteiger partial charge on any atom is -0.000673 e.